The van der Waals surface area contributed by atoms with Crippen molar-refractivity contribution < 1.29 is 0 Å². The van der Waals surface area contributed by atoms with Crippen molar-refractivity contribution in [2.75, 3.05) is 0 Å². The van der Waals surface area contributed by atoms with E-state index in [0.717, 1.165) is 13.0 Å². The molecule has 0 bridgehead atoms. The molecule has 1 aromatic heterocycles. The lowest BCUT2D eigenvalue weighted by Crippen LogP contribution is -2.16. The molecule has 2 nitrogen and oxygen atoms in total. The van der Waals surface area contributed by atoms with E-state index >= 15 is 0 Å². The van der Waals surface area contributed by atoms with E-state index in [1.807, 2.05) is 6.20 Å². The third-order valence-electron chi connectivity index (χ3n) is 1.76. The van der Waals surface area contributed by atoms with Crippen LogP contribution in [0.5, 0.6) is 0 Å². The summed E-state index contributed by atoms with van der Waals surface area (Å²) >= 11 is 0. The molecule has 1 heterocycles. The third kappa shape index (κ3) is 2.36. The highest BCUT2D eigenvalue weighted by Gasteiger charge is 2.12. The fourth-order valence-corrected chi connectivity index (χ4v) is 1.31. The molecule has 12 heavy (non-hydrogen) atoms. The summed E-state index contributed by atoms with van der Waals surface area (Å²) in [5, 5.41) is 0. The highest BCUT2D eigenvalue weighted by atomic mass is 15.1. The van der Waals surface area contributed by atoms with Crippen LogP contribution in [0.2, 0.25) is 0 Å². The van der Waals surface area contributed by atoms with Crippen LogP contribution < -0.4 is 0 Å². The van der Waals surface area contributed by atoms with Crippen LogP contribution in [-0.2, 0) is 13.0 Å². The lowest BCUT2D eigenvalue weighted by atomic mass is 9.97. The minimum Gasteiger partial charge on any atom is -0.334 e. The molecule has 0 saturated carbocycles. The Morgan fingerprint density at radius 2 is 2.08 bits per heavy atom. The number of hydrogen-bond acceptors (Lipinski definition) is 1. The molecule has 68 valence electrons. The van der Waals surface area contributed by atoms with Gasteiger partial charge in [0.1, 0.15) is 5.82 Å². The van der Waals surface area contributed by atoms with Crippen molar-refractivity contribution in [3.63, 3.8) is 0 Å². The quantitative estimate of drug-likeness (QED) is 0.660. The Morgan fingerprint density at radius 3 is 2.58 bits per heavy atom. The van der Waals surface area contributed by atoms with Crippen molar-refractivity contribution in [1.29, 1.82) is 0 Å². The second kappa shape index (κ2) is 3.30. The molecular weight excluding hydrogens is 148 g/mol. The molecule has 0 fully saturated rings. The number of aromatic nitrogens is 2. The Kier molecular flexibility index (Phi) is 2.55. The van der Waals surface area contributed by atoms with E-state index in [2.05, 4.69) is 43.4 Å². The Balaban J connectivity index is 2.75. The molecule has 0 unspecified atom stereocenters. The first kappa shape index (κ1) is 9.30. The molecular formula is C10H18N2. The molecule has 0 radical (unpaired) electrons. The van der Waals surface area contributed by atoms with Gasteiger partial charge in [-0.25, -0.2) is 4.98 Å². The van der Waals surface area contributed by atoms with Crippen molar-refractivity contribution in [2.45, 2.75) is 40.7 Å². The van der Waals surface area contributed by atoms with Crippen LogP contribution >= 0.6 is 0 Å². The van der Waals surface area contributed by atoms with Crippen LogP contribution in [0.4, 0.5) is 0 Å². The van der Waals surface area contributed by atoms with Crippen LogP contribution in [-0.4, -0.2) is 9.55 Å². The fraction of sp³-hybridized carbons (Fsp3) is 0.700. The minimum atomic E-state index is 0.338. The Labute approximate surface area is 74.6 Å². The Hall–Kier alpha value is -0.790. The predicted molar refractivity (Wildman–Crippen MR) is 51.1 cm³/mol. The first-order chi connectivity index (χ1) is 5.53. The van der Waals surface area contributed by atoms with Gasteiger partial charge in [-0.3, -0.25) is 0 Å². The monoisotopic (exact) mass is 166 g/mol. The van der Waals surface area contributed by atoms with Gasteiger partial charge in [-0.15, -0.1) is 0 Å². The molecule has 0 spiro atoms. The van der Waals surface area contributed by atoms with Crippen molar-refractivity contribution >= 4 is 0 Å². The standard InChI is InChI=1S/C10H18N2/c1-5-9-11-6-7-12(9)8-10(2,3)4/h6-7H,5,8H2,1-4H3. The van der Waals surface area contributed by atoms with Gasteiger partial charge in [0.05, 0.1) is 0 Å². The average Bonchev–Trinajstić information content (AvgIpc) is 2.31. The van der Waals surface area contributed by atoms with E-state index in [-0.39, 0.29) is 0 Å². The first-order valence-electron chi connectivity index (χ1n) is 4.53. The summed E-state index contributed by atoms with van der Waals surface area (Å²) in [5.41, 5.74) is 0.338. The zero-order chi connectivity index (χ0) is 9.19. The summed E-state index contributed by atoms with van der Waals surface area (Å²) < 4.78 is 2.24. The van der Waals surface area contributed by atoms with Crippen molar-refractivity contribution in [3.05, 3.63) is 18.2 Å². The SMILES string of the molecule is CCc1nccn1CC(C)(C)C. The molecule has 0 aliphatic carbocycles. The van der Waals surface area contributed by atoms with Crippen molar-refractivity contribution in [1.82, 2.24) is 9.55 Å². The largest absolute Gasteiger partial charge is 0.334 e. The predicted octanol–water partition coefficient (Wildman–Crippen LogP) is 2.49. The third-order valence-corrected chi connectivity index (χ3v) is 1.76. The number of rotatable bonds is 2. The lowest BCUT2D eigenvalue weighted by Gasteiger charge is -2.19. The van der Waals surface area contributed by atoms with Gasteiger partial charge in [-0.2, -0.15) is 0 Å². The number of hydrogen-bond donors (Lipinski definition) is 0. The topological polar surface area (TPSA) is 17.8 Å². The van der Waals surface area contributed by atoms with Crippen LogP contribution in [0.1, 0.15) is 33.5 Å². The van der Waals surface area contributed by atoms with Gasteiger partial charge >= 0.3 is 0 Å². The highest BCUT2D eigenvalue weighted by Crippen LogP contribution is 2.17. The van der Waals surface area contributed by atoms with Crippen LogP contribution in [0.25, 0.3) is 0 Å². The molecule has 0 saturated heterocycles. The van der Waals surface area contributed by atoms with E-state index in [9.17, 15) is 0 Å². The second-order valence-corrected chi connectivity index (χ2v) is 4.39. The number of imidazole rings is 1. The van der Waals surface area contributed by atoms with E-state index in [1.54, 1.807) is 0 Å². The molecule has 1 rings (SSSR count). The number of nitrogens with zero attached hydrogens (tertiary/aromatic N) is 2. The fourth-order valence-electron chi connectivity index (χ4n) is 1.31. The molecule has 0 aliphatic rings. The smallest absolute Gasteiger partial charge is 0.108 e. The van der Waals surface area contributed by atoms with E-state index in [0.29, 0.717) is 5.41 Å². The zero-order valence-corrected chi connectivity index (χ0v) is 8.46. The van der Waals surface area contributed by atoms with Crippen molar-refractivity contribution in [2.24, 2.45) is 5.41 Å². The van der Waals surface area contributed by atoms with E-state index < -0.39 is 0 Å². The molecule has 0 atom stereocenters. The molecule has 1 aromatic rings. The Bertz CT molecular complexity index is 243. The van der Waals surface area contributed by atoms with E-state index in [4.69, 9.17) is 0 Å². The van der Waals surface area contributed by atoms with Gasteiger partial charge in [0, 0.05) is 25.4 Å². The summed E-state index contributed by atoms with van der Waals surface area (Å²) in [6, 6.07) is 0. The van der Waals surface area contributed by atoms with Crippen molar-refractivity contribution in [3.8, 4) is 0 Å². The second-order valence-electron chi connectivity index (χ2n) is 4.39. The lowest BCUT2D eigenvalue weighted by molar-refractivity contribution is 0.338. The Morgan fingerprint density at radius 1 is 1.42 bits per heavy atom. The number of aryl methyl sites for hydroxylation is 1. The zero-order valence-electron chi connectivity index (χ0n) is 8.46. The van der Waals surface area contributed by atoms with Gasteiger partial charge in [0.25, 0.3) is 0 Å². The highest BCUT2D eigenvalue weighted by molar-refractivity contribution is 4.92. The van der Waals surface area contributed by atoms with Gasteiger partial charge in [0.15, 0.2) is 0 Å². The van der Waals surface area contributed by atoms with Gasteiger partial charge in [-0.1, -0.05) is 27.7 Å². The summed E-state index contributed by atoms with van der Waals surface area (Å²) in [4.78, 5) is 4.28. The maximum atomic E-state index is 4.28. The van der Waals surface area contributed by atoms with Crippen LogP contribution in [0, 0.1) is 5.41 Å². The molecule has 0 aromatic carbocycles. The van der Waals surface area contributed by atoms with Gasteiger partial charge in [0.2, 0.25) is 0 Å². The maximum absolute atomic E-state index is 4.28. The minimum absolute atomic E-state index is 0.338. The normalized spacial score (nSPS) is 12.0. The average molecular weight is 166 g/mol. The molecule has 2 heteroatoms. The molecule has 0 N–H and O–H groups in total. The summed E-state index contributed by atoms with van der Waals surface area (Å²) in [7, 11) is 0. The summed E-state index contributed by atoms with van der Waals surface area (Å²) in [6.45, 7) is 9.92. The molecule has 0 amide bonds. The van der Waals surface area contributed by atoms with Crippen LogP contribution in [0.15, 0.2) is 12.4 Å². The van der Waals surface area contributed by atoms with E-state index in [1.165, 1.54) is 5.82 Å². The van der Waals surface area contributed by atoms with Gasteiger partial charge in [-0.05, 0) is 5.41 Å². The van der Waals surface area contributed by atoms with Crippen LogP contribution in [0.3, 0.4) is 0 Å². The molecule has 0 aliphatic heterocycles. The summed E-state index contributed by atoms with van der Waals surface area (Å²) in [5.74, 6) is 1.19. The van der Waals surface area contributed by atoms with Gasteiger partial charge < -0.3 is 4.57 Å². The summed E-state index contributed by atoms with van der Waals surface area (Å²) in [6.07, 6.45) is 4.96. The first-order valence-corrected chi connectivity index (χ1v) is 4.53. The maximum Gasteiger partial charge on any atom is 0.108 e.